The molecule has 2 nitrogen and oxygen atoms in total. The summed E-state index contributed by atoms with van der Waals surface area (Å²) in [5.41, 5.74) is 1.75. The quantitative estimate of drug-likeness (QED) is 0.538. The Bertz CT molecular complexity index is 313. The Morgan fingerprint density at radius 1 is 1.00 bits per heavy atom. The van der Waals surface area contributed by atoms with E-state index in [1.807, 2.05) is 12.2 Å². The standard InChI is InChI=1S/C10H8N2/c11-5-7-1-3-9-8(6-12)2-4-10(7)9/h1-2,9-10H,3-4H2/t9-,10-/m0/s1. The lowest BCUT2D eigenvalue weighted by Crippen LogP contribution is -2.05. The van der Waals surface area contributed by atoms with Crippen molar-refractivity contribution in [1.29, 1.82) is 10.5 Å². The molecule has 2 aliphatic rings. The molecular weight excluding hydrogens is 148 g/mol. The van der Waals surface area contributed by atoms with Gasteiger partial charge in [0.15, 0.2) is 0 Å². The van der Waals surface area contributed by atoms with Gasteiger partial charge in [0, 0.05) is 23.0 Å². The highest BCUT2D eigenvalue weighted by atomic mass is 14.4. The zero-order chi connectivity index (χ0) is 8.55. The van der Waals surface area contributed by atoms with Crippen LogP contribution in [0.1, 0.15) is 12.8 Å². The van der Waals surface area contributed by atoms with Crippen molar-refractivity contribution in [3.8, 4) is 12.1 Å². The second-order valence-electron chi connectivity index (χ2n) is 3.23. The number of nitrogens with zero attached hydrogens (tertiary/aromatic N) is 2. The van der Waals surface area contributed by atoms with E-state index >= 15 is 0 Å². The van der Waals surface area contributed by atoms with Crippen molar-refractivity contribution in [2.24, 2.45) is 11.8 Å². The SMILES string of the molecule is N#CC1=CC[C@H]2C(C#N)=CC[C@@H]12. The van der Waals surface area contributed by atoms with Gasteiger partial charge in [-0.2, -0.15) is 10.5 Å². The van der Waals surface area contributed by atoms with Gasteiger partial charge in [0.05, 0.1) is 12.1 Å². The molecule has 0 aliphatic heterocycles. The van der Waals surface area contributed by atoms with E-state index in [0.29, 0.717) is 11.8 Å². The molecule has 0 amide bonds. The van der Waals surface area contributed by atoms with Crippen LogP contribution in [0.25, 0.3) is 0 Å². The van der Waals surface area contributed by atoms with Crippen LogP contribution in [0.4, 0.5) is 0 Å². The van der Waals surface area contributed by atoms with E-state index in [1.54, 1.807) is 0 Å². The van der Waals surface area contributed by atoms with E-state index < -0.39 is 0 Å². The van der Waals surface area contributed by atoms with Gasteiger partial charge in [0.2, 0.25) is 0 Å². The minimum Gasteiger partial charge on any atom is -0.193 e. The maximum atomic E-state index is 8.75. The predicted octanol–water partition coefficient (Wildman–Crippen LogP) is 1.93. The van der Waals surface area contributed by atoms with Gasteiger partial charge in [0.1, 0.15) is 0 Å². The number of hydrogen-bond donors (Lipinski definition) is 0. The smallest absolute Gasteiger partial charge is 0.0947 e. The number of hydrogen-bond acceptors (Lipinski definition) is 2. The van der Waals surface area contributed by atoms with Gasteiger partial charge >= 0.3 is 0 Å². The van der Waals surface area contributed by atoms with E-state index in [4.69, 9.17) is 10.5 Å². The van der Waals surface area contributed by atoms with Crippen LogP contribution in [0, 0.1) is 34.5 Å². The summed E-state index contributed by atoms with van der Waals surface area (Å²) in [6.45, 7) is 0. The third kappa shape index (κ3) is 0.787. The van der Waals surface area contributed by atoms with Gasteiger partial charge in [0.25, 0.3) is 0 Å². The average Bonchev–Trinajstić information content (AvgIpc) is 2.62. The second-order valence-corrected chi connectivity index (χ2v) is 3.23. The monoisotopic (exact) mass is 156 g/mol. The van der Waals surface area contributed by atoms with Crippen LogP contribution in [-0.4, -0.2) is 0 Å². The molecule has 0 saturated heterocycles. The minimum absolute atomic E-state index is 0.324. The lowest BCUT2D eigenvalue weighted by Gasteiger charge is -2.09. The molecule has 0 fully saturated rings. The highest BCUT2D eigenvalue weighted by Crippen LogP contribution is 2.43. The van der Waals surface area contributed by atoms with Gasteiger partial charge in [-0.05, 0) is 12.8 Å². The maximum Gasteiger partial charge on any atom is 0.0947 e. The summed E-state index contributed by atoms with van der Waals surface area (Å²) in [6.07, 6.45) is 5.71. The Hall–Kier alpha value is -1.54. The van der Waals surface area contributed by atoms with Crippen molar-refractivity contribution < 1.29 is 0 Å². The van der Waals surface area contributed by atoms with Crippen molar-refractivity contribution in [3.05, 3.63) is 23.3 Å². The molecule has 0 bridgehead atoms. The first-order valence-electron chi connectivity index (χ1n) is 4.07. The topological polar surface area (TPSA) is 47.6 Å². The number of allylic oxidation sites excluding steroid dienone is 4. The van der Waals surface area contributed by atoms with Gasteiger partial charge in [-0.15, -0.1) is 0 Å². The molecule has 0 saturated carbocycles. The number of rotatable bonds is 0. The summed E-state index contributed by atoms with van der Waals surface area (Å²) in [7, 11) is 0. The van der Waals surface area contributed by atoms with Crippen LogP contribution < -0.4 is 0 Å². The Balaban J connectivity index is 2.24. The van der Waals surface area contributed by atoms with Crippen LogP contribution in [0.5, 0.6) is 0 Å². The molecule has 2 aliphatic carbocycles. The first-order chi connectivity index (χ1) is 5.86. The Morgan fingerprint density at radius 3 is 1.75 bits per heavy atom. The first-order valence-corrected chi connectivity index (χ1v) is 4.07. The first kappa shape index (κ1) is 7.13. The summed E-state index contributed by atoms with van der Waals surface area (Å²) in [4.78, 5) is 0. The highest BCUT2D eigenvalue weighted by Gasteiger charge is 2.35. The second kappa shape index (κ2) is 2.50. The van der Waals surface area contributed by atoms with Crippen molar-refractivity contribution in [1.82, 2.24) is 0 Å². The van der Waals surface area contributed by atoms with Gasteiger partial charge in [-0.3, -0.25) is 0 Å². The van der Waals surface area contributed by atoms with Crippen LogP contribution in [0.2, 0.25) is 0 Å². The normalized spacial score (nSPS) is 31.5. The van der Waals surface area contributed by atoms with Crippen molar-refractivity contribution >= 4 is 0 Å². The zero-order valence-electron chi connectivity index (χ0n) is 6.62. The van der Waals surface area contributed by atoms with Gasteiger partial charge in [-0.25, -0.2) is 0 Å². The van der Waals surface area contributed by atoms with Crippen LogP contribution in [0.3, 0.4) is 0 Å². The summed E-state index contributed by atoms with van der Waals surface area (Å²) in [5.74, 6) is 0.647. The van der Waals surface area contributed by atoms with Crippen LogP contribution in [-0.2, 0) is 0 Å². The van der Waals surface area contributed by atoms with Crippen molar-refractivity contribution in [3.63, 3.8) is 0 Å². The predicted molar refractivity (Wildman–Crippen MR) is 43.6 cm³/mol. The molecule has 0 N–H and O–H groups in total. The molecule has 0 aromatic heterocycles. The van der Waals surface area contributed by atoms with E-state index in [-0.39, 0.29) is 0 Å². The molecule has 0 aromatic rings. The molecule has 0 radical (unpaired) electrons. The largest absolute Gasteiger partial charge is 0.193 e. The van der Waals surface area contributed by atoms with Crippen LogP contribution in [0.15, 0.2) is 23.3 Å². The lowest BCUT2D eigenvalue weighted by atomic mass is 9.91. The Kier molecular flexibility index (Phi) is 1.48. The summed E-state index contributed by atoms with van der Waals surface area (Å²) >= 11 is 0. The molecule has 0 aromatic carbocycles. The maximum absolute atomic E-state index is 8.75. The Labute approximate surface area is 71.4 Å². The summed E-state index contributed by atoms with van der Waals surface area (Å²) in [6, 6.07) is 4.40. The average molecular weight is 156 g/mol. The lowest BCUT2D eigenvalue weighted by molar-refractivity contribution is 0.527. The van der Waals surface area contributed by atoms with Gasteiger partial charge in [-0.1, -0.05) is 12.2 Å². The fraction of sp³-hybridized carbons (Fsp3) is 0.400. The zero-order valence-corrected chi connectivity index (χ0v) is 6.62. The molecule has 0 unspecified atom stereocenters. The van der Waals surface area contributed by atoms with Crippen LogP contribution >= 0.6 is 0 Å². The molecule has 0 spiro atoms. The van der Waals surface area contributed by atoms with E-state index in [0.717, 1.165) is 24.0 Å². The van der Waals surface area contributed by atoms with Crippen molar-refractivity contribution in [2.75, 3.05) is 0 Å². The van der Waals surface area contributed by atoms with E-state index in [9.17, 15) is 0 Å². The number of fused-ring (bicyclic) bond motifs is 1. The van der Waals surface area contributed by atoms with Gasteiger partial charge < -0.3 is 0 Å². The summed E-state index contributed by atoms with van der Waals surface area (Å²) < 4.78 is 0. The minimum atomic E-state index is 0.324. The molecule has 12 heavy (non-hydrogen) atoms. The van der Waals surface area contributed by atoms with E-state index in [2.05, 4.69) is 12.1 Å². The summed E-state index contributed by atoms with van der Waals surface area (Å²) in [5, 5.41) is 17.5. The molecule has 2 heteroatoms. The molecular formula is C10H8N2. The molecule has 58 valence electrons. The molecule has 0 heterocycles. The third-order valence-corrected chi connectivity index (χ3v) is 2.73. The Morgan fingerprint density at radius 2 is 1.42 bits per heavy atom. The van der Waals surface area contributed by atoms with Crippen molar-refractivity contribution in [2.45, 2.75) is 12.8 Å². The fourth-order valence-corrected chi connectivity index (χ4v) is 2.08. The third-order valence-electron chi connectivity index (χ3n) is 2.73. The highest BCUT2D eigenvalue weighted by molar-refractivity contribution is 5.41. The molecule has 2 atom stereocenters. The van der Waals surface area contributed by atoms with E-state index in [1.165, 1.54) is 0 Å². The molecule has 2 rings (SSSR count). The number of nitriles is 2. The fourth-order valence-electron chi connectivity index (χ4n) is 2.08.